The van der Waals surface area contributed by atoms with Crippen LogP contribution in [0.4, 0.5) is 0 Å². The smallest absolute Gasteiger partial charge is 0.309 e. The van der Waals surface area contributed by atoms with Gasteiger partial charge in [0.05, 0.1) is 10.3 Å². The van der Waals surface area contributed by atoms with Crippen molar-refractivity contribution in [2.24, 2.45) is 5.41 Å². The number of benzene rings is 1. The molecule has 0 atom stereocenters. The van der Waals surface area contributed by atoms with Gasteiger partial charge in [0.1, 0.15) is 0 Å². The molecule has 0 aliphatic heterocycles. The number of aryl methyl sites for hydroxylation is 1. The lowest BCUT2D eigenvalue weighted by Gasteiger charge is -2.21. The van der Waals surface area contributed by atoms with Crippen molar-refractivity contribution in [3.8, 4) is 0 Å². The fourth-order valence-corrected chi connectivity index (χ4v) is 2.59. The van der Waals surface area contributed by atoms with Gasteiger partial charge in [0.15, 0.2) is 9.84 Å². The monoisotopic (exact) mass is 284 g/mol. The van der Waals surface area contributed by atoms with Crippen LogP contribution in [0.2, 0.25) is 0 Å². The SMILES string of the molecule is Cc1cc(S(C)(=O)=O)cc(CC(C)(C)C(=O)O)c1C. The summed E-state index contributed by atoms with van der Waals surface area (Å²) in [5.41, 5.74) is 1.65. The van der Waals surface area contributed by atoms with Crippen LogP contribution >= 0.6 is 0 Å². The van der Waals surface area contributed by atoms with Crippen LogP contribution in [0, 0.1) is 19.3 Å². The predicted molar refractivity (Wildman–Crippen MR) is 74.1 cm³/mol. The molecule has 0 aromatic heterocycles. The first kappa shape index (κ1) is 15.7. The van der Waals surface area contributed by atoms with Crippen molar-refractivity contribution in [2.45, 2.75) is 39.0 Å². The molecule has 0 spiro atoms. The standard InChI is InChI=1S/C14H20O4S/c1-9-6-12(19(5,17)18)7-11(10(9)2)8-14(3,4)13(15)16/h6-7H,8H2,1-5H3,(H,15,16). The summed E-state index contributed by atoms with van der Waals surface area (Å²) in [4.78, 5) is 11.4. The fraction of sp³-hybridized carbons (Fsp3) is 0.500. The average molecular weight is 284 g/mol. The van der Waals surface area contributed by atoms with Crippen LogP contribution < -0.4 is 0 Å². The molecule has 1 rings (SSSR count). The minimum absolute atomic E-state index is 0.242. The Labute approximate surface area is 114 Å². The van der Waals surface area contributed by atoms with Gasteiger partial charge in [0.25, 0.3) is 0 Å². The molecule has 5 heteroatoms. The molecule has 0 unspecified atom stereocenters. The van der Waals surface area contributed by atoms with Gasteiger partial charge in [0.2, 0.25) is 0 Å². The quantitative estimate of drug-likeness (QED) is 0.921. The highest BCUT2D eigenvalue weighted by atomic mass is 32.2. The van der Waals surface area contributed by atoms with E-state index in [0.29, 0.717) is 6.42 Å². The maximum atomic E-state index is 11.6. The molecule has 0 amide bonds. The van der Waals surface area contributed by atoms with Crippen molar-refractivity contribution in [1.29, 1.82) is 0 Å². The molecule has 0 bridgehead atoms. The van der Waals surface area contributed by atoms with E-state index in [1.54, 1.807) is 26.0 Å². The average Bonchev–Trinajstić information content (AvgIpc) is 2.22. The number of sulfone groups is 1. The van der Waals surface area contributed by atoms with Gasteiger partial charge in [-0.1, -0.05) is 0 Å². The second-order valence-corrected chi connectivity index (χ2v) is 7.68. The highest BCUT2D eigenvalue weighted by Crippen LogP contribution is 2.27. The first-order chi connectivity index (χ1) is 8.45. The molecule has 1 aromatic rings. The molecular weight excluding hydrogens is 264 g/mol. The lowest BCUT2D eigenvalue weighted by molar-refractivity contribution is -0.146. The van der Waals surface area contributed by atoms with Crippen LogP contribution in [0.3, 0.4) is 0 Å². The number of aliphatic carboxylic acids is 1. The molecule has 0 saturated carbocycles. The number of carboxylic acids is 1. The summed E-state index contributed by atoms with van der Waals surface area (Å²) in [6.45, 7) is 6.99. The van der Waals surface area contributed by atoms with Crippen molar-refractivity contribution < 1.29 is 18.3 Å². The van der Waals surface area contributed by atoms with E-state index >= 15 is 0 Å². The lowest BCUT2D eigenvalue weighted by Crippen LogP contribution is -2.26. The number of hydrogen-bond donors (Lipinski definition) is 1. The van der Waals surface area contributed by atoms with Gasteiger partial charge in [-0.2, -0.15) is 0 Å². The Hall–Kier alpha value is -1.36. The summed E-state index contributed by atoms with van der Waals surface area (Å²) in [6.07, 6.45) is 1.46. The number of carbonyl (C=O) groups is 1. The summed E-state index contributed by atoms with van der Waals surface area (Å²) in [5.74, 6) is -0.894. The summed E-state index contributed by atoms with van der Waals surface area (Å²) in [5, 5.41) is 9.17. The second-order valence-electron chi connectivity index (χ2n) is 5.66. The van der Waals surface area contributed by atoms with Crippen molar-refractivity contribution in [3.63, 3.8) is 0 Å². The van der Waals surface area contributed by atoms with Gasteiger partial charge in [-0.15, -0.1) is 0 Å². The number of carboxylic acid groups (broad SMARTS) is 1. The van der Waals surface area contributed by atoms with E-state index in [4.69, 9.17) is 0 Å². The zero-order chi connectivity index (χ0) is 15.0. The Morgan fingerprint density at radius 3 is 2.21 bits per heavy atom. The highest BCUT2D eigenvalue weighted by Gasteiger charge is 2.28. The van der Waals surface area contributed by atoms with Gasteiger partial charge in [-0.3, -0.25) is 4.79 Å². The zero-order valence-corrected chi connectivity index (χ0v) is 12.8. The first-order valence-corrected chi connectivity index (χ1v) is 7.88. The molecule has 19 heavy (non-hydrogen) atoms. The first-order valence-electron chi connectivity index (χ1n) is 5.99. The Morgan fingerprint density at radius 2 is 1.79 bits per heavy atom. The predicted octanol–water partition coefficient (Wildman–Crippen LogP) is 2.36. The maximum absolute atomic E-state index is 11.6. The van der Waals surface area contributed by atoms with Crippen LogP contribution in [0.15, 0.2) is 17.0 Å². The minimum atomic E-state index is -3.29. The Morgan fingerprint density at radius 1 is 1.26 bits per heavy atom. The van der Waals surface area contributed by atoms with Gasteiger partial charge >= 0.3 is 5.97 Å². The number of rotatable bonds is 4. The molecule has 0 fully saturated rings. The highest BCUT2D eigenvalue weighted by molar-refractivity contribution is 7.90. The van der Waals surface area contributed by atoms with Crippen LogP contribution in [-0.4, -0.2) is 25.7 Å². The van der Waals surface area contributed by atoms with Gasteiger partial charge in [0, 0.05) is 6.26 Å². The van der Waals surface area contributed by atoms with Gasteiger partial charge < -0.3 is 5.11 Å². The molecular formula is C14H20O4S. The third-order valence-electron chi connectivity index (χ3n) is 3.39. The van der Waals surface area contributed by atoms with Crippen LogP contribution in [0.1, 0.15) is 30.5 Å². The summed E-state index contributed by atoms with van der Waals surface area (Å²) >= 11 is 0. The Kier molecular flexibility index (Phi) is 4.10. The molecule has 0 aliphatic rings. The summed E-state index contributed by atoms with van der Waals surface area (Å²) < 4.78 is 23.3. The molecule has 0 aliphatic carbocycles. The molecule has 0 radical (unpaired) electrons. The van der Waals surface area contributed by atoms with Crippen LogP contribution in [-0.2, 0) is 21.1 Å². The van der Waals surface area contributed by atoms with Crippen LogP contribution in [0.25, 0.3) is 0 Å². The largest absolute Gasteiger partial charge is 0.481 e. The summed E-state index contributed by atoms with van der Waals surface area (Å²) in [7, 11) is -3.29. The van der Waals surface area contributed by atoms with Crippen molar-refractivity contribution >= 4 is 15.8 Å². The molecule has 0 heterocycles. The van der Waals surface area contributed by atoms with E-state index in [1.165, 1.54) is 0 Å². The summed E-state index contributed by atoms with van der Waals surface area (Å²) in [6, 6.07) is 3.21. The molecule has 1 aromatic carbocycles. The van der Waals surface area contributed by atoms with Crippen molar-refractivity contribution in [3.05, 3.63) is 28.8 Å². The number of hydrogen-bond acceptors (Lipinski definition) is 3. The van der Waals surface area contributed by atoms with E-state index in [2.05, 4.69) is 0 Å². The van der Waals surface area contributed by atoms with E-state index < -0.39 is 21.2 Å². The van der Waals surface area contributed by atoms with Crippen LogP contribution in [0.5, 0.6) is 0 Å². The molecule has 0 saturated heterocycles. The lowest BCUT2D eigenvalue weighted by atomic mass is 9.84. The van der Waals surface area contributed by atoms with Gasteiger partial charge in [-0.05, 0) is 62.9 Å². The molecule has 4 nitrogen and oxygen atoms in total. The van der Waals surface area contributed by atoms with Gasteiger partial charge in [-0.25, -0.2) is 8.42 Å². The Balaban J connectivity index is 3.36. The van der Waals surface area contributed by atoms with E-state index in [-0.39, 0.29) is 4.90 Å². The van der Waals surface area contributed by atoms with E-state index in [1.807, 2.05) is 13.8 Å². The normalized spacial score (nSPS) is 12.5. The fourth-order valence-electron chi connectivity index (χ4n) is 1.85. The van der Waals surface area contributed by atoms with E-state index in [0.717, 1.165) is 22.9 Å². The molecule has 1 N–H and O–H groups in total. The zero-order valence-electron chi connectivity index (χ0n) is 11.9. The van der Waals surface area contributed by atoms with Crippen molar-refractivity contribution in [1.82, 2.24) is 0 Å². The second kappa shape index (κ2) is 4.96. The Bertz CT molecular complexity index is 613. The maximum Gasteiger partial charge on any atom is 0.309 e. The third kappa shape index (κ3) is 3.56. The van der Waals surface area contributed by atoms with Crippen molar-refractivity contribution in [2.75, 3.05) is 6.26 Å². The van der Waals surface area contributed by atoms with E-state index in [9.17, 15) is 18.3 Å². The molecule has 106 valence electrons. The third-order valence-corrected chi connectivity index (χ3v) is 4.48. The minimum Gasteiger partial charge on any atom is -0.481 e. The topological polar surface area (TPSA) is 71.4 Å².